The number of carbonyl (C=O) groups excluding carboxylic acids is 2. The summed E-state index contributed by atoms with van der Waals surface area (Å²) in [7, 11) is 0. The molecule has 5 rings (SSSR count). The minimum atomic E-state index is -1.07. The molecule has 5 heteroatoms. The van der Waals surface area contributed by atoms with Gasteiger partial charge in [0.25, 0.3) is 0 Å². The fourth-order valence-corrected chi connectivity index (χ4v) is 4.83. The molecule has 0 aliphatic carbocycles. The smallest absolute Gasteiger partial charge is 0.344 e. The van der Waals surface area contributed by atoms with Crippen LogP contribution in [0, 0.1) is 0 Å². The SMILES string of the molecule is CC(C)c1cccc(C(C)(C)C(=O)OCc2ccccc2)c1OC(=O)c1c2ccccc2nc2ccccc12. The summed E-state index contributed by atoms with van der Waals surface area (Å²) in [5.41, 5.74) is 3.15. The molecule has 0 saturated carbocycles. The molecule has 196 valence electrons. The van der Waals surface area contributed by atoms with Crippen LogP contribution in [0.3, 0.4) is 0 Å². The third kappa shape index (κ3) is 5.13. The first-order valence-electron chi connectivity index (χ1n) is 13.1. The third-order valence-electron chi connectivity index (χ3n) is 7.05. The fourth-order valence-electron chi connectivity index (χ4n) is 4.83. The summed E-state index contributed by atoms with van der Waals surface area (Å²) in [6, 6.07) is 30.3. The second kappa shape index (κ2) is 10.7. The molecule has 5 aromatic rings. The van der Waals surface area contributed by atoms with Gasteiger partial charge in [0.2, 0.25) is 0 Å². The summed E-state index contributed by atoms with van der Waals surface area (Å²) in [6.07, 6.45) is 0. The zero-order valence-corrected chi connectivity index (χ0v) is 22.6. The predicted octanol–water partition coefficient (Wildman–Crippen LogP) is 7.75. The number of nitrogens with zero attached hydrogens (tertiary/aromatic N) is 1. The lowest BCUT2D eigenvalue weighted by molar-refractivity contribution is -0.150. The van der Waals surface area contributed by atoms with Gasteiger partial charge in [-0.15, -0.1) is 0 Å². The van der Waals surface area contributed by atoms with Crippen LogP contribution >= 0.6 is 0 Å². The van der Waals surface area contributed by atoms with Gasteiger partial charge in [0.1, 0.15) is 12.4 Å². The molecule has 0 atom stereocenters. The molecule has 1 heterocycles. The van der Waals surface area contributed by atoms with E-state index >= 15 is 0 Å². The number of hydrogen-bond acceptors (Lipinski definition) is 5. The summed E-state index contributed by atoms with van der Waals surface area (Å²) in [6.45, 7) is 7.84. The minimum Gasteiger partial charge on any atom is -0.460 e. The summed E-state index contributed by atoms with van der Waals surface area (Å²) in [5.74, 6) is -0.448. The Labute approximate surface area is 228 Å². The van der Waals surface area contributed by atoms with E-state index in [-0.39, 0.29) is 12.5 Å². The van der Waals surface area contributed by atoms with E-state index in [2.05, 4.69) is 0 Å². The van der Waals surface area contributed by atoms with Crippen molar-refractivity contribution in [2.75, 3.05) is 0 Å². The highest BCUT2D eigenvalue weighted by Crippen LogP contribution is 2.39. The number of ether oxygens (including phenoxy) is 2. The Morgan fingerprint density at radius 1 is 0.769 bits per heavy atom. The lowest BCUT2D eigenvalue weighted by atomic mass is 9.81. The van der Waals surface area contributed by atoms with Gasteiger partial charge < -0.3 is 9.47 Å². The van der Waals surface area contributed by atoms with Gasteiger partial charge in [-0.25, -0.2) is 9.78 Å². The largest absolute Gasteiger partial charge is 0.460 e. The highest BCUT2D eigenvalue weighted by atomic mass is 16.5. The maximum atomic E-state index is 14.0. The molecule has 0 fully saturated rings. The maximum Gasteiger partial charge on any atom is 0.344 e. The van der Waals surface area contributed by atoms with E-state index in [1.807, 2.05) is 111 Å². The molecular formula is C34H31NO4. The van der Waals surface area contributed by atoms with Gasteiger partial charge in [0, 0.05) is 16.3 Å². The molecule has 0 radical (unpaired) electrons. The Balaban J connectivity index is 1.57. The van der Waals surface area contributed by atoms with Crippen LogP contribution in [0.1, 0.15) is 60.7 Å². The number of esters is 2. The Morgan fingerprint density at radius 3 is 1.97 bits per heavy atom. The van der Waals surface area contributed by atoms with Crippen molar-refractivity contribution in [1.82, 2.24) is 4.98 Å². The molecule has 0 N–H and O–H groups in total. The highest BCUT2D eigenvalue weighted by Gasteiger charge is 2.36. The molecule has 0 bridgehead atoms. The van der Waals surface area contributed by atoms with Crippen molar-refractivity contribution in [3.63, 3.8) is 0 Å². The Morgan fingerprint density at radius 2 is 1.36 bits per heavy atom. The minimum absolute atomic E-state index is 0.0508. The van der Waals surface area contributed by atoms with Crippen LogP contribution in [0.15, 0.2) is 97.1 Å². The van der Waals surface area contributed by atoms with Crippen LogP contribution in [0.5, 0.6) is 5.75 Å². The molecular weight excluding hydrogens is 486 g/mol. The molecule has 0 saturated heterocycles. The van der Waals surface area contributed by atoms with E-state index in [0.29, 0.717) is 38.7 Å². The van der Waals surface area contributed by atoms with Crippen LogP contribution in [0.25, 0.3) is 21.8 Å². The van der Waals surface area contributed by atoms with E-state index in [9.17, 15) is 9.59 Å². The topological polar surface area (TPSA) is 65.5 Å². The first kappa shape index (κ1) is 26.1. The lowest BCUT2D eigenvalue weighted by Gasteiger charge is -2.27. The summed E-state index contributed by atoms with van der Waals surface area (Å²) in [4.78, 5) is 32.1. The number of carbonyl (C=O) groups is 2. The Kier molecular flexibility index (Phi) is 7.16. The van der Waals surface area contributed by atoms with Gasteiger partial charge in [-0.3, -0.25) is 4.79 Å². The van der Waals surface area contributed by atoms with E-state index in [0.717, 1.165) is 11.1 Å². The number of benzene rings is 4. The zero-order chi connectivity index (χ0) is 27.6. The number of fused-ring (bicyclic) bond motifs is 2. The molecule has 0 aliphatic heterocycles. The summed E-state index contributed by atoms with van der Waals surface area (Å²) in [5, 5.41) is 1.43. The normalized spacial score (nSPS) is 11.6. The molecule has 0 aliphatic rings. The number of rotatable bonds is 7. The van der Waals surface area contributed by atoms with Crippen molar-refractivity contribution in [3.8, 4) is 5.75 Å². The second-order valence-electron chi connectivity index (χ2n) is 10.5. The number of hydrogen-bond donors (Lipinski definition) is 0. The van der Waals surface area contributed by atoms with Gasteiger partial charge >= 0.3 is 11.9 Å². The number of aromatic nitrogens is 1. The van der Waals surface area contributed by atoms with Crippen molar-refractivity contribution < 1.29 is 19.1 Å². The van der Waals surface area contributed by atoms with E-state index in [1.165, 1.54) is 0 Å². The maximum absolute atomic E-state index is 14.0. The van der Waals surface area contributed by atoms with Crippen LogP contribution in [-0.2, 0) is 21.6 Å². The van der Waals surface area contributed by atoms with E-state index < -0.39 is 17.4 Å². The van der Waals surface area contributed by atoms with Crippen molar-refractivity contribution in [3.05, 3.63) is 119 Å². The fraction of sp³-hybridized carbons (Fsp3) is 0.206. The molecule has 0 spiro atoms. The molecule has 39 heavy (non-hydrogen) atoms. The first-order chi connectivity index (χ1) is 18.8. The van der Waals surface area contributed by atoms with Gasteiger partial charge in [0.05, 0.1) is 22.0 Å². The third-order valence-corrected chi connectivity index (χ3v) is 7.05. The van der Waals surface area contributed by atoms with Crippen molar-refractivity contribution in [1.29, 1.82) is 0 Å². The van der Waals surface area contributed by atoms with Crippen LogP contribution < -0.4 is 4.74 Å². The monoisotopic (exact) mass is 517 g/mol. The molecule has 4 aromatic carbocycles. The second-order valence-corrected chi connectivity index (χ2v) is 10.5. The Bertz CT molecular complexity index is 1620. The van der Waals surface area contributed by atoms with Gasteiger partial charge in [-0.05, 0) is 43.0 Å². The quantitative estimate of drug-likeness (QED) is 0.125. The molecule has 0 unspecified atom stereocenters. The number of pyridine rings is 1. The van der Waals surface area contributed by atoms with E-state index in [4.69, 9.17) is 14.5 Å². The van der Waals surface area contributed by atoms with Crippen LogP contribution in [0.4, 0.5) is 0 Å². The van der Waals surface area contributed by atoms with Crippen LogP contribution in [-0.4, -0.2) is 16.9 Å². The lowest BCUT2D eigenvalue weighted by Crippen LogP contribution is -2.32. The van der Waals surface area contributed by atoms with Crippen LogP contribution in [0.2, 0.25) is 0 Å². The summed E-state index contributed by atoms with van der Waals surface area (Å²) < 4.78 is 12.0. The van der Waals surface area contributed by atoms with Crippen molar-refractivity contribution >= 4 is 33.7 Å². The van der Waals surface area contributed by atoms with Crippen molar-refractivity contribution in [2.24, 2.45) is 0 Å². The highest BCUT2D eigenvalue weighted by molar-refractivity contribution is 6.15. The van der Waals surface area contributed by atoms with E-state index in [1.54, 1.807) is 13.8 Å². The first-order valence-corrected chi connectivity index (χ1v) is 13.1. The standard InChI is InChI=1S/C34H31NO4/c1-22(2)24-17-12-18-27(34(3,4)33(37)38-21-23-13-6-5-7-14-23)31(24)39-32(36)30-25-15-8-10-19-28(25)35-29-20-11-9-16-26(29)30/h5-20,22H,21H2,1-4H3. The summed E-state index contributed by atoms with van der Waals surface area (Å²) >= 11 is 0. The molecule has 1 aromatic heterocycles. The predicted molar refractivity (Wildman–Crippen MR) is 154 cm³/mol. The van der Waals surface area contributed by atoms with Gasteiger partial charge in [0.15, 0.2) is 0 Å². The number of para-hydroxylation sites is 3. The van der Waals surface area contributed by atoms with Gasteiger partial charge in [-0.1, -0.05) is 98.8 Å². The zero-order valence-electron chi connectivity index (χ0n) is 22.6. The molecule has 0 amide bonds. The average Bonchev–Trinajstić information content (AvgIpc) is 2.94. The molecule has 5 nitrogen and oxygen atoms in total. The van der Waals surface area contributed by atoms with Crippen molar-refractivity contribution in [2.45, 2.75) is 45.6 Å². The average molecular weight is 518 g/mol. The van der Waals surface area contributed by atoms with Gasteiger partial charge in [-0.2, -0.15) is 0 Å². The Hall–Kier alpha value is -4.51.